The molecular weight excluding hydrogens is 316 g/mol. The van der Waals surface area contributed by atoms with Gasteiger partial charge in [0.25, 0.3) is 0 Å². The largest absolute Gasteiger partial charge is 0.507 e. The van der Waals surface area contributed by atoms with E-state index >= 15 is 0 Å². The third-order valence-corrected chi connectivity index (χ3v) is 5.13. The first-order chi connectivity index (χ1) is 12.1. The second-order valence-electron chi connectivity index (χ2n) is 7.27. The highest BCUT2D eigenvalue weighted by Crippen LogP contribution is 2.44. The fourth-order valence-electron chi connectivity index (χ4n) is 3.52. The summed E-state index contributed by atoms with van der Waals surface area (Å²) >= 11 is 0. The van der Waals surface area contributed by atoms with Gasteiger partial charge in [-0.25, -0.2) is 4.98 Å². The fourth-order valence-corrected chi connectivity index (χ4v) is 3.52. The average Bonchev–Trinajstić information content (AvgIpc) is 3.42. The minimum Gasteiger partial charge on any atom is -0.507 e. The molecule has 0 radical (unpaired) electrons. The molecule has 0 unspecified atom stereocenters. The van der Waals surface area contributed by atoms with Crippen molar-refractivity contribution in [3.63, 3.8) is 0 Å². The first kappa shape index (κ1) is 16.3. The zero-order chi connectivity index (χ0) is 17.4. The number of anilines is 1. The highest BCUT2D eigenvalue weighted by atomic mass is 16.3. The smallest absolute Gasteiger partial charge is 0.243 e. The third kappa shape index (κ3) is 3.44. The summed E-state index contributed by atoms with van der Waals surface area (Å²) < 4.78 is 0. The van der Waals surface area contributed by atoms with E-state index in [1.165, 1.54) is 0 Å². The van der Waals surface area contributed by atoms with E-state index in [2.05, 4.69) is 15.5 Å². The summed E-state index contributed by atoms with van der Waals surface area (Å²) in [5, 5.41) is 32.3. The van der Waals surface area contributed by atoms with Crippen molar-refractivity contribution >= 4 is 5.95 Å². The number of hydrogen-bond donors (Lipinski definition) is 3. The summed E-state index contributed by atoms with van der Waals surface area (Å²) in [4.78, 5) is 4.70. The molecule has 25 heavy (non-hydrogen) atoms. The molecule has 1 aromatic carbocycles. The number of rotatable bonds is 4. The number of benzene rings is 1. The minimum absolute atomic E-state index is 0.0127. The first-order valence-corrected chi connectivity index (χ1v) is 9.11. The molecule has 4 rings (SSSR count). The Labute approximate surface area is 147 Å². The molecule has 1 heterocycles. The van der Waals surface area contributed by atoms with Crippen molar-refractivity contribution in [2.75, 3.05) is 5.32 Å². The normalized spacial score (nSPS) is 23.4. The van der Waals surface area contributed by atoms with Crippen LogP contribution in [0.4, 0.5) is 5.95 Å². The van der Waals surface area contributed by atoms with Gasteiger partial charge >= 0.3 is 0 Å². The van der Waals surface area contributed by atoms with Gasteiger partial charge < -0.3 is 15.5 Å². The molecule has 2 aliphatic rings. The van der Waals surface area contributed by atoms with Gasteiger partial charge in [0.1, 0.15) is 11.4 Å². The maximum Gasteiger partial charge on any atom is 0.243 e. The number of aromatic nitrogens is 3. The molecule has 0 amide bonds. The molecule has 2 atom stereocenters. The number of aliphatic hydroxyl groups excluding tert-OH is 1. The zero-order valence-corrected chi connectivity index (χ0v) is 14.4. The van der Waals surface area contributed by atoms with Crippen molar-refractivity contribution < 1.29 is 10.2 Å². The number of aryl methyl sites for hydroxylation is 1. The molecule has 3 N–H and O–H groups in total. The van der Waals surface area contributed by atoms with Crippen LogP contribution in [0, 0.1) is 6.92 Å². The number of phenols is 1. The quantitative estimate of drug-likeness (QED) is 0.792. The maximum atomic E-state index is 10.3. The van der Waals surface area contributed by atoms with Gasteiger partial charge in [0.05, 0.1) is 17.8 Å². The van der Waals surface area contributed by atoms with Gasteiger partial charge in [-0.15, -0.1) is 10.2 Å². The van der Waals surface area contributed by atoms with Crippen LogP contribution in [0.3, 0.4) is 0 Å². The Morgan fingerprint density at radius 1 is 1.08 bits per heavy atom. The molecule has 0 bridgehead atoms. The average molecular weight is 340 g/mol. The van der Waals surface area contributed by atoms with Crippen LogP contribution >= 0.6 is 0 Å². The van der Waals surface area contributed by atoms with Crippen molar-refractivity contribution in [3.8, 4) is 17.0 Å². The van der Waals surface area contributed by atoms with Crippen LogP contribution in [0.5, 0.6) is 5.75 Å². The SMILES string of the molecule is Cc1ccc(-c2nnc(N[C@@H]3CCCC[C@H]3O)nc2C2CC2)c(O)c1. The van der Waals surface area contributed by atoms with E-state index in [9.17, 15) is 10.2 Å². The monoisotopic (exact) mass is 340 g/mol. The molecule has 0 aliphatic heterocycles. The van der Waals surface area contributed by atoms with Crippen molar-refractivity contribution in [2.24, 2.45) is 0 Å². The topological polar surface area (TPSA) is 91.2 Å². The Bertz CT molecular complexity index is 776. The molecule has 6 nitrogen and oxygen atoms in total. The number of aliphatic hydroxyl groups is 1. The lowest BCUT2D eigenvalue weighted by Crippen LogP contribution is -2.37. The number of phenolic OH excluding ortho intramolecular Hbond substituents is 1. The van der Waals surface area contributed by atoms with Crippen LogP contribution in [0.15, 0.2) is 18.2 Å². The van der Waals surface area contributed by atoms with Gasteiger partial charge in [-0.3, -0.25) is 0 Å². The highest BCUT2D eigenvalue weighted by Gasteiger charge is 2.31. The van der Waals surface area contributed by atoms with E-state index in [0.717, 1.165) is 49.8 Å². The van der Waals surface area contributed by atoms with Crippen molar-refractivity contribution in [1.82, 2.24) is 15.2 Å². The molecule has 2 aromatic rings. The minimum atomic E-state index is -0.359. The summed E-state index contributed by atoms with van der Waals surface area (Å²) in [7, 11) is 0. The van der Waals surface area contributed by atoms with E-state index in [0.29, 0.717) is 23.1 Å². The summed E-state index contributed by atoms with van der Waals surface area (Å²) in [5.74, 6) is 1.06. The van der Waals surface area contributed by atoms with Gasteiger partial charge in [-0.2, -0.15) is 0 Å². The number of hydrogen-bond acceptors (Lipinski definition) is 6. The lowest BCUT2D eigenvalue weighted by Gasteiger charge is -2.28. The van der Waals surface area contributed by atoms with Crippen LogP contribution in [0.2, 0.25) is 0 Å². The summed E-state index contributed by atoms with van der Waals surface area (Å²) in [6, 6.07) is 5.55. The van der Waals surface area contributed by atoms with Crippen LogP contribution in [-0.2, 0) is 0 Å². The van der Waals surface area contributed by atoms with Crippen molar-refractivity contribution in [2.45, 2.75) is 63.5 Å². The lowest BCUT2D eigenvalue weighted by atomic mass is 9.93. The molecular formula is C19H24N4O2. The molecule has 1 aromatic heterocycles. The molecule has 2 fully saturated rings. The van der Waals surface area contributed by atoms with Crippen molar-refractivity contribution in [3.05, 3.63) is 29.5 Å². The van der Waals surface area contributed by atoms with Crippen molar-refractivity contribution in [1.29, 1.82) is 0 Å². The maximum absolute atomic E-state index is 10.3. The van der Waals surface area contributed by atoms with Gasteiger partial charge in [0.15, 0.2) is 0 Å². The number of aromatic hydroxyl groups is 1. The predicted octanol–water partition coefficient (Wildman–Crippen LogP) is 3.15. The van der Waals surface area contributed by atoms with Gasteiger partial charge in [0.2, 0.25) is 5.95 Å². The Kier molecular flexibility index (Phi) is 4.29. The molecule has 2 aliphatic carbocycles. The predicted molar refractivity (Wildman–Crippen MR) is 95.5 cm³/mol. The number of nitrogens with zero attached hydrogens (tertiary/aromatic N) is 3. The molecule has 2 saturated carbocycles. The van der Waals surface area contributed by atoms with Gasteiger partial charge in [-0.05, 0) is 50.3 Å². The standard InChI is InChI=1S/C19H24N4O2/c1-11-6-9-13(16(25)10-11)18-17(12-7-8-12)21-19(23-22-18)20-14-4-2-3-5-15(14)24/h6,9-10,12,14-15,24-25H,2-5,7-8H2,1H3,(H,20,21,23)/t14-,15-/m1/s1. The summed E-state index contributed by atoms with van der Waals surface area (Å²) in [6.45, 7) is 1.94. The lowest BCUT2D eigenvalue weighted by molar-refractivity contribution is 0.116. The highest BCUT2D eigenvalue weighted by molar-refractivity contribution is 5.70. The van der Waals surface area contributed by atoms with Gasteiger partial charge in [-0.1, -0.05) is 18.9 Å². The third-order valence-electron chi connectivity index (χ3n) is 5.13. The zero-order valence-electron chi connectivity index (χ0n) is 14.4. The van der Waals surface area contributed by atoms with Crippen LogP contribution < -0.4 is 5.32 Å². The Balaban J connectivity index is 1.65. The van der Waals surface area contributed by atoms with E-state index in [1.54, 1.807) is 6.07 Å². The molecule has 132 valence electrons. The Morgan fingerprint density at radius 3 is 2.60 bits per heavy atom. The molecule has 0 saturated heterocycles. The van der Waals surface area contributed by atoms with Crippen LogP contribution in [0.25, 0.3) is 11.3 Å². The molecule has 0 spiro atoms. The second-order valence-corrected chi connectivity index (χ2v) is 7.27. The van der Waals surface area contributed by atoms with Crippen LogP contribution in [-0.4, -0.2) is 37.5 Å². The van der Waals surface area contributed by atoms with E-state index in [4.69, 9.17) is 4.98 Å². The Morgan fingerprint density at radius 2 is 1.88 bits per heavy atom. The van der Waals surface area contributed by atoms with Crippen LogP contribution in [0.1, 0.15) is 55.7 Å². The van der Waals surface area contributed by atoms with E-state index < -0.39 is 0 Å². The number of nitrogens with one attached hydrogen (secondary N) is 1. The first-order valence-electron chi connectivity index (χ1n) is 9.11. The van der Waals surface area contributed by atoms with Gasteiger partial charge in [0, 0.05) is 11.5 Å². The summed E-state index contributed by atoms with van der Waals surface area (Å²) in [6.07, 6.45) is 5.72. The van der Waals surface area contributed by atoms with E-state index in [-0.39, 0.29) is 17.9 Å². The Hall–Kier alpha value is -2.21. The molecule has 6 heteroatoms. The summed E-state index contributed by atoms with van der Waals surface area (Å²) in [5.41, 5.74) is 3.23. The van der Waals surface area contributed by atoms with E-state index in [1.807, 2.05) is 19.1 Å². The fraction of sp³-hybridized carbons (Fsp3) is 0.526. The second kappa shape index (κ2) is 6.59.